The molecule has 0 radical (unpaired) electrons. The zero-order valence-corrected chi connectivity index (χ0v) is 15.4. The molecule has 0 spiro atoms. The molecule has 0 aliphatic carbocycles. The first-order valence-electron chi connectivity index (χ1n) is 7.98. The second kappa shape index (κ2) is 11.3. The maximum absolute atomic E-state index is 6.05. The Hall–Kier alpha value is -1.30. The fraction of sp³-hybridized carbons (Fsp3) is 0.588. The third-order valence-electron chi connectivity index (χ3n) is 3.43. The number of rotatable bonds is 9. The Bertz CT molecular complexity index is 481. The van der Waals surface area contributed by atoms with E-state index >= 15 is 0 Å². The van der Waals surface area contributed by atoms with Crippen LogP contribution in [0.2, 0.25) is 5.02 Å². The lowest BCUT2D eigenvalue weighted by molar-refractivity contribution is 0.163. The monoisotopic (exact) mass is 340 g/mol. The van der Waals surface area contributed by atoms with Crippen molar-refractivity contribution >= 4 is 17.6 Å². The zero-order valence-electron chi connectivity index (χ0n) is 14.7. The third-order valence-corrected chi connectivity index (χ3v) is 3.66. The highest BCUT2D eigenvalue weighted by atomic mass is 35.5. The molecule has 0 bridgehead atoms. The maximum Gasteiger partial charge on any atom is 0.194 e. The first-order valence-corrected chi connectivity index (χ1v) is 8.36. The van der Waals surface area contributed by atoms with Gasteiger partial charge in [-0.25, -0.2) is 0 Å². The minimum absolute atomic E-state index is 0.745. The summed E-state index contributed by atoms with van der Waals surface area (Å²) in [5.41, 5.74) is 1.17. The highest BCUT2D eigenvalue weighted by molar-refractivity contribution is 6.30. The van der Waals surface area contributed by atoms with Crippen molar-refractivity contribution in [1.82, 2.24) is 15.1 Å². The molecular weight excluding hydrogens is 312 g/mol. The van der Waals surface area contributed by atoms with E-state index < -0.39 is 0 Å². The van der Waals surface area contributed by atoms with Gasteiger partial charge in [0.2, 0.25) is 0 Å². The first-order chi connectivity index (χ1) is 11.1. The average Bonchev–Trinajstić information content (AvgIpc) is 2.52. The molecule has 0 saturated heterocycles. The number of benzene rings is 1. The van der Waals surface area contributed by atoms with E-state index in [0.29, 0.717) is 0 Å². The molecule has 6 heteroatoms. The number of nitrogens with zero attached hydrogens (tertiary/aromatic N) is 3. The van der Waals surface area contributed by atoms with Crippen molar-refractivity contribution in [2.24, 2.45) is 4.99 Å². The predicted octanol–water partition coefficient (Wildman–Crippen LogP) is 2.32. The van der Waals surface area contributed by atoms with Gasteiger partial charge in [0.15, 0.2) is 5.96 Å². The van der Waals surface area contributed by atoms with Gasteiger partial charge in [0.25, 0.3) is 0 Å². The molecule has 0 atom stereocenters. The Labute approximate surface area is 145 Å². The van der Waals surface area contributed by atoms with Crippen LogP contribution in [0.4, 0.5) is 0 Å². The van der Waals surface area contributed by atoms with Crippen LogP contribution in [0.1, 0.15) is 12.5 Å². The highest BCUT2D eigenvalue weighted by Crippen LogP contribution is 2.12. The van der Waals surface area contributed by atoms with Crippen LogP contribution in [0.5, 0.6) is 0 Å². The van der Waals surface area contributed by atoms with Gasteiger partial charge >= 0.3 is 0 Å². The van der Waals surface area contributed by atoms with E-state index in [1.165, 1.54) is 5.56 Å². The molecule has 1 N–H and O–H groups in total. The number of halogens is 1. The standard InChI is InChI=1S/C17H29ClN4O/c1-5-19-17(20-9-10-21(2)11-12-23-4)22(3)14-15-7-6-8-16(18)13-15/h6-8,13H,5,9-12,14H2,1-4H3,(H,19,20). The first kappa shape index (κ1) is 19.7. The van der Waals surface area contributed by atoms with Gasteiger partial charge in [0.1, 0.15) is 0 Å². The lowest BCUT2D eigenvalue weighted by Crippen LogP contribution is -2.39. The van der Waals surface area contributed by atoms with E-state index in [1.54, 1.807) is 7.11 Å². The van der Waals surface area contributed by atoms with Crippen molar-refractivity contribution in [3.63, 3.8) is 0 Å². The van der Waals surface area contributed by atoms with Crippen LogP contribution in [0.15, 0.2) is 29.3 Å². The van der Waals surface area contributed by atoms with Crippen LogP contribution in [0.3, 0.4) is 0 Å². The molecule has 130 valence electrons. The van der Waals surface area contributed by atoms with Crippen molar-refractivity contribution in [2.45, 2.75) is 13.5 Å². The molecule has 0 aliphatic heterocycles. The summed E-state index contributed by atoms with van der Waals surface area (Å²) in [5, 5.41) is 4.10. The molecule has 0 fully saturated rings. The quantitative estimate of drug-likeness (QED) is 0.553. The average molecular weight is 341 g/mol. The lowest BCUT2D eigenvalue weighted by Gasteiger charge is -2.23. The number of nitrogens with one attached hydrogen (secondary N) is 1. The summed E-state index contributed by atoms with van der Waals surface area (Å²) >= 11 is 6.05. The summed E-state index contributed by atoms with van der Waals surface area (Å²) in [5.74, 6) is 0.910. The Balaban J connectivity index is 2.56. The van der Waals surface area contributed by atoms with Gasteiger partial charge in [-0.2, -0.15) is 0 Å². The topological polar surface area (TPSA) is 40.1 Å². The second-order valence-corrected chi connectivity index (χ2v) is 5.95. The van der Waals surface area contributed by atoms with Gasteiger partial charge in [-0.3, -0.25) is 4.99 Å². The number of guanidine groups is 1. The van der Waals surface area contributed by atoms with Gasteiger partial charge in [0.05, 0.1) is 13.2 Å². The summed E-state index contributed by atoms with van der Waals surface area (Å²) < 4.78 is 5.08. The van der Waals surface area contributed by atoms with Crippen molar-refractivity contribution in [3.05, 3.63) is 34.9 Å². The van der Waals surface area contributed by atoms with Gasteiger partial charge in [0, 0.05) is 45.4 Å². The molecule has 0 amide bonds. The zero-order chi connectivity index (χ0) is 17.1. The molecule has 1 rings (SSSR count). The number of methoxy groups -OCH3 is 1. The number of ether oxygens (including phenoxy) is 1. The van der Waals surface area contributed by atoms with Crippen LogP contribution in [0.25, 0.3) is 0 Å². The van der Waals surface area contributed by atoms with E-state index in [2.05, 4.69) is 35.2 Å². The van der Waals surface area contributed by atoms with E-state index in [9.17, 15) is 0 Å². The molecule has 0 saturated carbocycles. The number of hydrogen-bond donors (Lipinski definition) is 1. The van der Waals surface area contributed by atoms with Crippen molar-refractivity contribution < 1.29 is 4.74 Å². The summed E-state index contributed by atoms with van der Waals surface area (Å²) in [6.07, 6.45) is 0. The van der Waals surface area contributed by atoms with Crippen LogP contribution in [-0.4, -0.2) is 69.8 Å². The third kappa shape index (κ3) is 8.21. The lowest BCUT2D eigenvalue weighted by atomic mass is 10.2. The van der Waals surface area contributed by atoms with Crippen LogP contribution in [0, 0.1) is 0 Å². The number of likely N-dealkylation sites (N-methyl/N-ethyl adjacent to an activating group) is 1. The Kier molecular flexibility index (Phi) is 9.67. The van der Waals surface area contributed by atoms with E-state index in [0.717, 1.165) is 50.3 Å². The summed E-state index contributed by atoms with van der Waals surface area (Å²) in [7, 11) is 5.84. The van der Waals surface area contributed by atoms with Gasteiger partial charge < -0.3 is 19.9 Å². The van der Waals surface area contributed by atoms with Gasteiger partial charge in [-0.1, -0.05) is 23.7 Å². The highest BCUT2D eigenvalue weighted by Gasteiger charge is 2.07. The minimum Gasteiger partial charge on any atom is -0.383 e. The predicted molar refractivity (Wildman–Crippen MR) is 98.3 cm³/mol. The molecular formula is C17H29ClN4O. The van der Waals surface area contributed by atoms with E-state index in [1.807, 2.05) is 25.2 Å². The van der Waals surface area contributed by atoms with Crippen molar-refractivity contribution in [3.8, 4) is 0 Å². The molecule has 0 aliphatic rings. The SMILES string of the molecule is CCNC(=NCCN(C)CCOC)N(C)Cc1cccc(Cl)c1. The van der Waals surface area contributed by atoms with Crippen LogP contribution >= 0.6 is 11.6 Å². The molecule has 23 heavy (non-hydrogen) atoms. The largest absolute Gasteiger partial charge is 0.383 e. The van der Waals surface area contributed by atoms with E-state index in [4.69, 9.17) is 21.3 Å². The fourth-order valence-corrected chi connectivity index (χ4v) is 2.35. The Morgan fingerprint density at radius 1 is 1.30 bits per heavy atom. The smallest absolute Gasteiger partial charge is 0.194 e. The van der Waals surface area contributed by atoms with E-state index in [-0.39, 0.29) is 0 Å². The molecule has 5 nitrogen and oxygen atoms in total. The molecule has 1 aromatic carbocycles. The molecule has 0 heterocycles. The number of aliphatic imine (C=N–C) groups is 1. The second-order valence-electron chi connectivity index (χ2n) is 5.52. The van der Waals surface area contributed by atoms with Crippen LogP contribution < -0.4 is 5.32 Å². The minimum atomic E-state index is 0.745. The molecule has 1 aromatic rings. The fourth-order valence-electron chi connectivity index (χ4n) is 2.14. The maximum atomic E-state index is 6.05. The van der Waals surface area contributed by atoms with Crippen molar-refractivity contribution in [1.29, 1.82) is 0 Å². The summed E-state index contributed by atoms with van der Waals surface area (Å²) in [6, 6.07) is 7.92. The summed E-state index contributed by atoms with van der Waals surface area (Å²) in [4.78, 5) is 9.03. The van der Waals surface area contributed by atoms with Gasteiger partial charge in [-0.05, 0) is 31.7 Å². The molecule has 0 unspecified atom stereocenters. The molecule has 0 aromatic heterocycles. The van der Waals surface area contributed by atoms with Gasteiger partial charge in [-0.15, -0.1) is 0 Å². The Morgan fingerprint density at radius 3 is 2.74 bits per heavy atom. The summed E-state index contributed by atoms with van der Waals surface area (Å²) in [6.45, 7) is 7.01. The number of hydrogen-bond acceptors (Lipinski definition) is 3. The Morgan fingerprint density at radius 2 is 2.09 bits per heavy atom. The normalized spacial score (nSPS) is 11.8. The van der Waals surface area contributed by atoms with Crippen molar-refractivity contribution in [2.75, 3.05) is 54.0 Å². The van der Waals surface area contributed by atoms with Crippen LogP contribution in [-0.2, 0) is 11.3 Å².